The number of hydrogen-bond acceptors (Lipinski definition) is 1. The van der Waals surface area contributed by atoms with Crippen LogP contribution in [0.1, 0.15) is 55.9 Å². The molecule has 0 bridgehead atoms. The first-order chi connectivity index (χ1) is 11.1. The van der Waals surface area contributed by atoms with Crippen LogP contribution in [0.4, 0.5) is 5.69 Å². The van der Waals surface area contributed by atoms with Crippen LogP contribution in [0.25, 0.3) is 12.2 Å². The van der Waals surface area contributed by atoms with E-state index in [0.717, 1.165) is 12.8 Å². The van der Waals surface area contributed by atoms with Gasteiger partial charge in [0.25, 0.3) is 0 Å². The van der Waals surface area contributed by atoms with Crippen molar-refractivity contribution >= 4 is 17.8 Å². The van der Waals surface area contributed by atoms with Crippen molar-refractivity contribution in [3.63, 3.8) is 0 Å². The third-order valence-electron chi connectivity index (χ3n) is 5.28. The van der Waals surface area contributed by atoms with Crippen molar-refractivity contribution in [2.45, 2.75) is 52.0 Å². The Hall–Kier alpha value is -2.02. The van der Waals surface area contributed by atoms with E-state index in [1.165, 1.54) is 40.8 Å². The first kappa shape index (κ1) is 15.9. The van der Waals surface area contributed by atoms with E-state index in [9.17, 15) is 0 Å². The van der Waals surface area contributed by atoms with Gasteiger partial charge in [0.2, 0.25) is 0 Å². The van der Waals surface area contributed by atoms with Crippen LogP contribution >= 0.6 is 0 Å². The number of aryl methyl sites for hydroxylation is 2. The monoisotopic (exact) mass is 305 g/mol. The van der Waals surface area contributed by atoms with Crippen LogP contribution < -0.4 is 5.32 Å². The topological polar surface area (TPSA) is 12.0 Å². The summed E-state index contributed by atoms with van der Waals surface area (Å²) in [5, 5.41) is 3.65. The molecule has 0 amide bonds. The molecule has 1 nitrogen and oxygen atoms in total. The molecular formula is C22H27N. The standard InChI is InChI=1S/C22H27N/c1-4-22(3,5-2)23-21-14-9-17(10-15-21)6-7-18-8-11-19-12-13-20(19)16-18/h6-11,14-16,23H,4-5,12-13H2,1-3H3/b7-6+. The number of nitrogens with one attached hydrogen (secondary N) is 1. The molecule has 0 saturated heterocycles. The van der Waals surface area contributed by atoms with Crippen molar-refractivity contribution in [2.24, 2.45) is 0 Å². The van der Waals surface area contributed by atoms with Crippen LogP contribution in [0.15, 0.2) is 42.5 Å². The summed E-state index contributed by atoms with van der Waals surface area (Å²) in [5.41, 5.74) is 6.97. The number of anilines is 1. The maximum atomic E-state index is 3.65. The molecule has 2 aromatic rings. The fourth-order valence-corrected chi connectivity index (χ4v) is 2.96. The normalized spacial score (nSPS) is 13.7. The third-order valence-corrected chi connectivity index (χ3v) is 5.28. The molecule has 1 N–H and O–H groups in total. The lowest BCUT2D eigenvalue weighted by Gasteiger charge is -2.29. The minimum absolute atomic E-state index is 0.184. The van der Waals surface area contributed by atoms with Gasteiger partial charge in [-0.2, -0.15) is 0 Å². The molecule has 0 unspecified atom stereocenters. The second-order valence-electron chi connectivity index (χ2n) is 6.88. The first-order valence-electron chi connectivity index (χ1n) is 8.80. The first-order valence-corrected chi connectivity index (χ1v) is 8.80. The Labute approximate surface area is 140 Å². The molecule has 1 heteroatoms. The van der Waals surface area contributed by atoms with Crippen LogP contribution in [0, 0.1) is 0 Å². The average molecular weight is 305 g/mol. The molecule has 1 aliphatic carbocycles. The molecule has 3 rings (SSSR count). The Bertz CT molecular complexity index is 690. The maximum Gasteiger partial charge on any atom is 0.0344 e. The zero-order valence-electron chi connectivity index (χ0n) is 14.5. The van der Waals surface area contributed by atoms with E-state index in [4.69, 9.17) is 0 Å². The summed E-state index contributed by atoms with van der Waals surface area (Å²) in [7, 11) is 0. The summed E-state index contributed by atoms with van der Waals surface area (Å²) in [4.78, 5) is 0. The van der Waals surface area contributed by atoms with Gasteiger partial charge in [0.05, 0.1) is 0 Å². The predicted octanol–water partition coefficient (Wildman–Crippen LogP) is 5.95. The van der Waals surface area contributed by atoms with Gasteiger partial charge in [-0.1, -0.05) is 56.3 Å². The van der Waals surface area contributed by atoms with E-state index in [1.54, 1.807) is 0 Å². The van der Waals surface area contributed by atoms with Crippen molar-refractivity contribution in [3.8, 4) is 0 Å². The van der Waals surface area contributed by atoms with Crippen molar-refractivity contribution < 1.29 is 0 Å². The summed E-state index contributed by atoms with van der Waals surface area (Å²) >= 11 is 0. The molecule has 0 radical (unpaired) electrons. The lowest BCUT2D eigenvalue weighted by molar-refractivity contribution is 0.478. The minimum atomic E-state index is 0.184. The molecule has 23 heavy (non-hydrogen) atoms. The number of rotatable bonds is 6. The van der Waals surface area contributed by atoms with Crippen molar-refractivity contribution in [1.82, 2.24) is 0 Å². The Kier molecular flexibility index (Phi) is 4.56. The van der Waals surface area contributed by atoms with E-state index >= 15 is 0 Å². The van der Waals surface area contributed by atoms with E-state index in [2.05, 4.69) is 80.7 Å². The van der Waals surface area contributed by atoms with Crippen molar-refractivity contribution in [3.05, 3.63) is 64.7 Å². The summed E-state index contributed by atoms with van der Waals surface area (Å²) in [6.07, 6.45) is 9.16. The Morgan fingerprint density at radius 1 is 0.870 bits per heavy atom. The molecule has 0 heterocycles. The fourth-order valence-electron chi connectivity index (χ4n) is 2.96. The highest BCUT2D eigenvalue weighted by Crippen LogP contribution is 2.25. The van der Waals surface area contributed by atoms with Crippen LogP contribution in [-0.2, 0) is 12.8 Å². The molecular weight excluding hydrogens is 278 g/mol. The van der Waals surface area contributed by atoms with Gasteiger partial charge in [-0.15, -0.1) is 0 Å². The highest BCUT2D eigenvalue weighted by atomic mass is 15.0. The lowest BCUT2D eigenvalue weighted by Crippen LogP contribution is -2.32. The Morgan fingerprint density at radius 2 is 1.48 bits per heavy atom. The predicted molar refractivity (Wildman–Crippen MR) is 102 cm³/mol. The van der Waals surface area contributed by atoms with Crippen molar-refractivity contribution in [2.75, 3.05) is 5.32 Å². The summed E-state index contributed by atoms with van der Waals surface area (Å²) in [6, 6.07) is 15.5. The van der Waals surface area contributed by atoms with Crippen molar-refractivity contribution in [1.29, 1.82) is 0 Å². The minimum Gasteiger partial charge on any atom is -0.380 e. The van der Waals surface area contributed by atoms with Crippen LogP contribution in [0.2, 0.25) is 0 Å². The highest BCUT2D eigenvalue weighted by Gasteiger charge is 2.18. The average Bonchev–Trinajstić information content (AvgIpc) is 2.56. The molecule has 0 spiro atoms. The zero-order chi connectivity index (χ0) is 16.3. The summed E-state index contributed by atoms with van der Waals surface area (Å²) in [5.74, 6) is 0. The largest absolute Gasteiger partial charge is 0.380 e. The van der Waals surface area contributed by atoms with Crippen LogP contribution in [0.5, 0.6) is 0 Å². The zero-order valence-corrected chi connectivity index (χ0v) is 14.5. The quantitative estimate of drug-likeness (QED) is 0.651. The summed E-state index contributed by atoms with van der Waals surface area (Å²) < 4.78 is 0. The SMILES string of the molecule is CCC(C)(CC)Nc1ccc(/C=C/c2ccc3c(c2)CC3)cc1. The molecule has 1 aliphatic rings. The second kappa shape index (κ2) is 6.62. The highest BCUT2D eigenvalue weighted by molar-refractivity contribution is 5.71. The fraction of sp³-hybridized carbons (Fsp3) is 0.364. The van der Waals surface area contributed by atoms with Crippen LogP contribution in [-0.4, -0.2) is 5.54 Å². The van der Waals surface area contributed by atoms with E-state index in [1.807, 2.05) is 0 Å². The van der Waals surface area contributed by atoms with Gasteiger partial charge in [0.15, 0.2) is 0 Å². The Morgan fingerprint density at radius 3 is 2.04 bits per heavy atom. The number of fused-ring (bicyclic) bond motifs is 1. The van der Waals surface area contributed by atoms with Crippen LogP contribution in [0.3, 0.4) is 0 Å². The third kappa shape index (κ3) is 3.67. The lowest BCUT2D eigenvalue weighted by atomic mass is 9.87. The molecule has 0 saturated carbocycles. The molecule has 0 aliphatic heterocycles. The van der Waals surface area contributed by atoms with Gasteiger partial charge in [-0.3, -0.25) is 0 Å². The van der Waals surface area contributed by atoms with Gasteiger partial charge in [-0.05, 0) is 67.0 Å². The molecule has 120 valence electrons. The van der Waals surface area contributed by atoms with Gasteiger partial charge in [0, 0.05) is 11.2 Å². The molecule has 0 aromatic heterocycles. The molecule has 2 aromatic carbocycles. The van der Waals surface area contributed by atoms with Gasteiger partial charge in [-0.25, -0.2) is 0 Å². The smallest absolute Gasteiger partial charge is 0.0344 e. The van der Waals surface area contributed by atoms with Gasteiger partial charge in [0.1, 0.15) is 0 Å². The van der Waals surface area contributed by atoms with E-state index in [-0.39, 0.29) is 5.54 Å². The Balaban J connectivity index is 1.67. The van der Waals surface area contributed by atoms with Gasteiger partial charge < -0.3 is 5.32 Å². The van der Waals surface area contributed by atoms with Gasteiger partial charge >= 0.3 is 0 Å². The second-order valence-corrected chi connectivity index (χ2v) is 6.88. The molecule has 0 atom stereocenters. The van der Waals surface area contributed by atoms with E-state index in [0.29, 0.717) is 0 Å². The maximum absolute atomic E-state index is 3.65. The summed E-state index contributed by atoms with van der Waals surface area (Å²) in [6.45, 7) is 6.76. The number of benzene rings is 2. The molecule has 0 fully saturated rings. The van der Waals surface area contributed by atoms with E-state index < -0.39 is 0 Å². The number of hydrogen-bond donors (Lipinski definition) is 1.